The van der Waals surface area contributed by atoms with Crippen molar-refractivity contribution in [2.45, 2.75) is 38.8 Å². The number of aliphatic hydroxyl groups excluding tert-OH is 1. The maximum absolute atomic E-state index is 8.06. The molecule has 0 amide bonds. The van der Waals surface area contributed by atoms with E-state index in [9.17, 15) is 0 Å². The van der Waals surface area contributed by atoms with E-state index in [-0.39, 0.29) is 6.10 Å². The summed E-state index contributed by atoms with van der Waals surface area (Å²) < 4.78 is 5.06. The lowest BCUT2D eigenvalue weighted by molar-refractivity contribution is 0.0822. The topological polar surface area (TPSA) is 55.5 Å². The summed E-state index contributed by atoms with van der Waals surface area (Å²) in [6.45, 7) is 5.12. The van der Waals surface area contributed by atoms with Crippen molar-refractivity contribution in [1.82, 2.24) is 0 Å². The largest absolute Gasteiger partial charge is 0.394 e. The molecule has 0 saturated carbocycles. The Labute approximate surface area is 68.5 Å². The van der Waals surface area contributed by atoms with E-state index in [1.807, 2.05) is 0 Å². The second-order valence-corrected chi connectivity index (χ2v) is 3.07. The summed E-state index contributed by atoms with van der Waals surface area (Å²) in [7, 11) is 0. The second-order valence-electron chi connectivity index (χ2n) is 3.07. The average molecular weight is 161 g/mol. The normalized spacial score (nSPS) is 24.3. The van der Waals surface area contributed by atoms with Crippen molar-refractivity contribution in [1.29, 1.82) is 0 Å². The van der Waals surface area contributed by atoms with E-state index >= 15 is 0 Å². The Balaban J connectivity index is 0.000000218. The molecule has 68 valence electrons. The third-order valence-corrected chi connectivity index (χ3v) is 1.20. The van der Waals surface area contributed by atoms with Crippen LogP contribution in [-0.4, -0.2) is 30.5 Å². The van der Waals surface area contributed by atoms with Gasteiger partial charge in [0.1, 0.15) is 0 Å². The van der Waals surface area contributed by atoms with Crippen LogP contribution in [0.25, 0.3) is 0 Å². The van der Waals surface area contributed by atoms with Crippen molar-refractivity contribution in [3.63, 3.8) is 0 Å². The molecule has 0 radical (unpaired) electrons. The summed E-state index contributed by atoms with van der Waals surface area (Å²) in [6.07, 6.45) is 2.11. The first-order valence-electron chi connectivity index (χ1n) is 4.14. The van der Waals surface area contributed by atoms with Crippen LogP contribution in [0.1, 0.15) is 26.7 Å². The highest BCUT2D eigenvalue weighted by atomic mass is 16.5. The van der Waals surface area contributed by atoms with Crippen LogP contribution >= 0.6 is 0 Å². The van der Waals surface area contributed by atoms with Crippen LogP contribution in [0.3, 0.4) is 0 Å². The Kier molecular flexibility index (Phi) is 6.51. The highest BCUT2D eigenvalue weighted by Crippen LogP contribution is 2.01. The van der Waals surface area contributed by atoms with Gasteiger partial charge >= 0.3 is 0 Å². The maximum Gasteiger partial charge on any atom is 0.0617 e. The number of aliphatic hydroxyl groups is 1. The van der Waals surface area contributed by atoms with E-state index in [1.165, 1.54) is 0 Å². The molecule has 1 unspecified atom stereocenters. The Bertz CT molecular complexity index is 77.4. The van der Waals surface area contributed by atoms with Gasteiger partial charge in [-0.2, -0.15) is 0 Å². The standard InChI is InChI=1S/C5H11NO.C3H8O/c6-5-2-1-3-7-4-5;1-3(2)4/h5H,1-4,6H2;3-4H,1-2H3. The molecule has 0 aromatic heterocycles. The number of rotatable bonds is 0. The smallest absolute Gasteiger partial charge is 0.0617 e. The highest BCUT2D eigenvalue weighted by Gasteiger charge is 2.06. The van der Waals surface area contributed by atoms with Crippen LogP contribution in [0.2, 0.25) is 0 Å². The van der Waals surface area contributed by atoms with Gasteiger partial charge in [-0.3, -0.25) is 0 Å². The monoisotopic (exact) mass is 161 g/mol. The Morgan fingerprint density at radius 3 is 2.27 bits per heavy atom. The predicted molar refractivity (Wildman–Crippen MR) is 45.4 cm³/mol. The van der Waals surface area contributed by atoms with E-state index < -0.39 is 0 Å². The van der Waals surface area contributed by atoms with Crippen molar-refractivity contribution in [3.8, 4) is 0 Å². The number of hydrogen-bond acceptors (Lipinski definition) is 3. The van der Waals surface area contributed by atoms with Crippen molar-refractivity contribution >= 4 is 0 Å². The molecule has 3 N–H and O–H groups in total. The summed E-state index contributed by atoms with van der Waals surface area (Å²) in [5.74, 6) is 0. The zero-order valence-electron chi connectivity index (χ0n) is 7.42. The van der Waals surface area contributed by atoms with Crippen molar-refractivity contribution in [3.05, 3.63) is 0 Å². The maximum atomic E-state index is 8.06. The van der Waals surface area contributed by atoms with Crippen LogP contribution in [-0.2, 0) is 4.74 Å². The lowest BCUT2D eigenvalue weighted by Gasteiger charge is -2.16. The van der Waals surface area contributed by atoms with Crippen LogP contribution < -0.4 is 5.73 Å². The average Bonchev–Trinajstić information content (AvgIpc) is 1.87. The Hall–Kier alpha value is -0.120. The molecule has 1 fully saturated rings. The SMILES string of the molecule is CC(C)O.NC1CCCOC1. The van der Waals surface area contributed by atoms with Gasteiger partial charge in [0.25, 0.3) is 0 Å². The van der Waals surface area contributed by atoms with Gasteiger partial charge in [0.05, 0.1) is 6.61 Å². The molecule has 1 aliphatic heterocycles. The Morgan fingerprint density at radius 1 is 1.55 bits per heavy atom. The van der Waals surface area contributed by atoms with Gasteiger partial charge in [0.2, 0.25) is 0 Å². The molecule has 0 aromatic rings. The van der Waals surface area contributed by atoms with Gasteiger partial charge in [0, 0.05) is 18.8 Å². The van der Waals surface area contributed by atoms with Crippen molar-refractivity contribution < 1.29 is 9.84 Å². The highest BCUT2D eigenvalue weighted by molar-refractivity contribution is 4.63. The fourth-order valence-electron chi connectivity index (χ4n) is 0.766. The molecular weight excluding hydrogens is 142 g/mol. The fraction of sp³-hybridized carbons (Fsp3) is 1.00. The summed E-state index contributed by atoms with van der Waals surface area (Å²) in [6, 6.07) is 0.314. The van der Waals surface area contributed by atoms with Crippen LogP contribution in [0.15, 0.2) is 0 Å². The quantitative estimate of drug-likeness (QED) is 0.544. The number of nitrogens with two attached hydrogens (primary N) is 1. The molecule has 3 nitrogen and oxygen atoms in total. The zero-order chi connectivity index (χ0) is 8.69. The minimum Gasteiger partial charge on any atom is -0.394 e. The van der Waals surface area contributed by atoms with Gasteiger partial charge in [-0.15, -0.1) is 0 Å². The molecule has 0 bridgehead atoms. The zero-order valence-corrected chi connectivity index (χ0v) is 7.42. The lowest BCUT2D eigenvalue weighted by atomic mass is 10.1. The molecule has 0 aliphatic carbocycles. The Morgan fingerprint density at radius 2 is 2.09 bits per heavy atom. The second kappa shape index (κ2) is 6.58. The third kappa shape index (κ3) is 9.88. The molecule has 0 aromatic carbocycles. The number of hydrogen-bond donors (Lipinski definition) is 2. The van der Waals surface area contributed by atoms with E-state index in [1.54, 1.807) is 13.8 Å². The third-order valence-electron chi connectivity index (χ3n) is 1.20. The van der Waals surface area contributed by atoms with Crippen molar-refractivity contribution in [2.75, 3.05) is 13.2 Å². The van der Waals surface area contributed by atoms with Gasteiger partial charge in [-0.1, -0.05) is 0 Å². The summed E-state index contributed by atoms with van der Waals surface area (Å²) in [4.78, 5) is 0. The number of ether oxygens (including phenoxy) is 1. The minimum atomic E-state index is -0.167. The van der Waals surface area contributed by atoms with Crippen LogP contribution in [0, 0.1) is 0 Å². The first-order valence-corrected chi connectivity index (χ1v) is 4.14. The van der Waals surface area contributed by atoms with Crippen molar-refractivity contribution in [2.24, 2.45) is 5.73 Å². The summed E-state index contributed by atoms with van der Waals surface area (Å²) in [5, 5.41) is 8.06. The molecule has 1 rings (SSSR count). The van der Waals surface area contributed by atoms with Crippen LogP contribution in [0.4, 0.5) is 0 Å². The first kappa shape index (κ1) is 10.9. The molecule has 3 heteroatoms. The molecular formula is C8H19NO2. The van der Waals surface area contributed by atoms with E-state index in [0.29, 0.717) is 6.04 Å². The van der Waals surface area contributed by atoms with E-state index in [4.69, 9.17) is 15.6 Å². The van der Waals surface area contributed by atoms with Gasteiger partial charge in [0.15, 0.2) is 0 Å². The molecule has 1 saturated heterocycles. The van der Waals surface area contributed by atoms with Gasteiger partial charge in [-0.25, -0.2) is 0 Å². The minimum absolute atomic E-state index is 0.167. The first-order chi connectivity index (χ1) is 5.13. The summed E-state index contributed by atoms with van der Waals surface area (Å²) >= 11 is 0. The molecule has 1 atom stereocenters. The molecule has 1 aliphatic rings. The summed E-state index contributed by atoms with van der Waals surface area (Å²) in [5.41, 5.74) is 5.51. The van der Waals surface area contributed by atoms with Gasteiger partial charge in [-0.05, 0) is 26.7 Å². The predicted octanol–water partition coefficient (Wildman–Crippen LogP) is 0.511. The molecule has 11 heavy (non-hydrogen) atoms. The van der Waals surface area contributed by atoms with E-state index in [0.717, 1.165) is 26.1 Å². The van der Waals surface area contributed by atoms with E-state index in [2.05, 4.69) is 0 Å². The lowest BCUT2D eigenvalue weighted by Crippen LogP contribution is -2.30. The fourth-order valence-corrected chi connectivity index (χ4v) is 0.766. The van der Waals surface area contributed by atoms with Gasteiger partial charge < -0.3 is 15.6 Å². The van der Waals surface area contributed by atoms with Crippen LogP contribution in [0.5, 0.6) is 0 Å². The molecule has 0 spiro atoms. The molecule has 1 heterocycles.